The van der Waals surface area contributed by atoms with Crippen LogP contribution in [-0.4, -0.2) is 42.8 Å². The van der Waals surface area contributed by atoms with E-state index in [2.05, 4.69) is 22.1 Å². The van der Waals surface area contributed by atoms with E-state index >= 15 is 0 Å². The van der Waals surface area contributed by atoms with Crippen LogP contribution in [0, 0.1) is 5.92 Å². The summed E-state index contributed by atoms with van der Waals surface area (Å²) >= 11 is 0. The second kappa shape index (κ2) is 10.5. The molecule has 32 heavy (non-hydrogen) atoms. The molecule has 4 rings (SSSR count). The fourth-order valence-corrected chi connectivity index (χ4v) is 4.25. The molecule has 1 aromatic heterocycles. The van der Waals surface area contributed by atoms with Crippen LogP contribution in [0.2, 0.25) is 0 Å². The smallest absolute Gasteiger partial charge is 0.419 e. The summed E-state index contributed by atoms with van der Waals surface area (Å²) in [7, 11) is 0. The van der Waals surface area contributed by atoms with Crippen LogP contribution >= 0.6 is 12.4 Å². The summed E-state index contributed by atoms with van der Waals surface area (Å²) in [6, 6.07) is 5.38. The van der Waals surface area contributed by atoms with Gasteiger partial charge in [0.2, 0.25) is 0 Å². The number of para-hydroxylation sites is 1. The number of anilines is 1. The van der Waals surface area contributed by atoms with E-state index in [0.717, 1.165) is 56.5 Å². The van der Waals surface area contributed by atoms with E-state index in [1.807, 2.05) is 6.20 Å². The van der Waals surface area contributed by atoms with Gasteiger partial charge in [-0.05, 0) is 50.4 Å². The number of hydrogen-bond acceptors (Lipinski definition) is 5. The first-order valence-electron chi connectivity index (χ1n) is 10.7. The number of hydrogen-bond donors (Lipinski definition) is 1. The Bertz CT molecular complexity index is 951. The maximum absolute atomic E-state index is 13.2. The quantitative estimate of drug-likeness (QED) is 0.670. The number of benzene rings is 1. The number of piperidine rings is 1. The number of aromatic nitrogens is 2. The third-order valence-electron chi connectivity index (χ3n) is 5.90. The molecule has 9 heteroatoms. The average Bonchev–Trinajstić information content (AvgIpc) is 2.78. The first-order valence-corrected chi connectivity index (χ1v) is 10.7. The minimum Gasteiger partial charge on any atom is -0.493 e. The van der Waals surface area contributed by atoms with E-state index in [0.29, 0.717) is 6.54 Å². The number of alkyl halides is 3. The summed E-state index contributed by atoms with van der Waals surface area (Å²) in [6.45, 7) is 5.69. The summed E-state index contributed by atoms with van der Waals surface area (Å²) in [5.74, 6) is 0.833. The van der Waals surface area contributed by atoms with E-state index < -0.39 is 11.7 Å². The second-order valence-electron chi connectivity index (χ2n) is 8.21. The van der Waals surface area contributed by atoms with Gasteiger partial charge in [-0.2, -0.15) is 13.2 Å². The first kappa shape index (κ1) is 24.3. The van der Waals surface area contributed by atoms with Crippen LogP contribution in [0.1, 0.15) is 37.4 Å². The standard InChI is InChI=1S/C23H27F3N4O.ClH/c1-16-11-27-9-8-18(16)20-12-28-13-22(29-20)30-10-4-5-17(14-30)15-31-21-7-3-2-6-19(21)23(24,25)26;/h2-3,6-7,12-13,17,27H,4-5,8-11,14-15H2,1H3;1H. The summed E-state index contributed by atoms with van der Waals surface area (Å²) in [5, 5.41) is 3.36. The van der Waals surface area contributed by atoms with Crippen LogP contribution in [0.3, 0.4) is 0 Å². The van der Waals surface area contributed by atoms with Crippen LogP contribution in [-0.2, 0) is 6.18 Å². The topological polar surface area (TPSA) is 50.3 Å². The number of halogens is 4. The lowest BCUT2D eigenvalue weighted by atomic mass is 9.98. The lowest BCUT2D eigenvalue weighted by Gasteiger charge is -2.33. The third-order valence-corrected chi connectivity index (χ3v) is 5.90. The Labute approximate surface area is 192 Å². The summed E-state index contributed by atoms with van der Waals surface area (Å²) in [4.78, 5) is 11.4. The SMILES string of the molecule is CC1=C(c2cncc(N3CCCC(COc4ccccc4C(F)(F)F)C3)n2)CCNC1.Cl. The molecule has 2 aromatic rings. The molecule has 1 aromatic carbocycles. The van der Waals surface area contributed by atoms with Gasteiger partial charge in [0.15, 0.2) is 0 Å². The second-order valence-corrected chi connectivity index (χ2v) is 8.21. The van der Waals surface area contributed by atoms with Gasteiger partial charge in [-0.25, -0.2) is 4.98 Å². The van der Waals surface area contributed by atoms with Gasteiger partial charge in [0.25, 0.3) is 0 Å². The number of ether oxygens (including phenoxy) is 1. The Balaban J connectivity index is 0.00000289. The Morgan fingerprint density at radius 2 is 2.03 bits per heavy atom. The molecular weight excluding hydrogens is 441 g/mol. The lowest BCUT2D eigenvalue weighted by Crippen LogP contribution is -2.38. The van der Waals surface area contributed by atoms with Crippen LogP contribution in [0.15, 0.2) is 42.2 Å². The molecule has 2 aliphatic heterocycles. The highest BCUT2D eigenvalue weighted by molar-refractivity contribution is 5.85. The molecule has 0 spiro atoms. The van der Waals surface area contributed by atoms with Crippen LogP contribution in [0.4, 0.5) is 19.0 Å². The largest absolute Gasteiger partial charge is 0.493 e. The van der Waals surface area contributed by atoms with E-state index in [1.165, 1.54) is 23.3 Å². The van der Waals surface area contributed by atoms with E-state index in [-0.39, 0.29) is 30.7 Å². The monoisotopic (exact) mass is 468 g/mol. The summed E-state index contributed by atoms with van der Waals surface area (Å²) in [6.07, 6.45) is 1.93. The van der Waals surface area contributed by atoms with E-state index in [4.69, 9.17) is 9.72 Å². The van der Waals surface area contributed by atoms with Gasteiger partial charge in [0, 0.05) is 25.6 Å². The zero-order valence-corrected chi connectivity index (χ0v) is 18.8. The normalized spacial score (nSPS) is 19.5. The highest BCUT2D eigenvalue weighted by Crippen LogP contribution is 2.36. The molecule has 1 saturated heterocycles. The minimum absolute atomic E-state index is 0. The minimum atomic E-state index is -4.42. The fraction of sp³-hybridized carbons (Fsp3) is 0.478. The van der Waals surface area contributed by atoms with Gasteiger partial charge in [0.1, 0.15) is 11.6 Å². The van der Waals surface area contributed by atoms with E-state index in [9.17, 15) is 13.2 Å². The molecule has 0 radical (unpaired) electrons. The van der Waals surface area contributed by atoms with Crippen LogP contribution in [0.25, 0.3) is 5.57 Å². The molecule has 1 fully saturated rings. The van der Waals surface area contributed by atoms with Gasteiger partial charge in [-0.15, -0.1) is 12.4 Å². The van der Waals surface area contributed by atoms with Crippen molar-refractivity contribution in [2.24, 2.45) is 5.92 Å². The van der Waals surface area contributed by atoms with Crippen LogP contribution < -0.4 is 15.0 Å². The van der Waals surface area contributed by atoms with Crippen molar-refractivity contribution in [3.05, 3.63) is 53.5 Å². The third kappa shape index (κ3) is 5.72. The average molecular weight is 469 g/mol. The van der Waals surface area contributed by atoms with Gasteiger partial charge in [-0.1, -0.05) is 17.7 Å². The number of nitrogens with zero attached hydrogens (tertiary/aromatic N) is 3. The lowest BCUT2D eigenvalue weighted by molar-refractivity contribution is -0.139. The Kier molecular flexibility index (Phi) is 8.00. The molecule has 0 saturated carbocycles. The molecule has 3 heterocycles. The van der Waals surface area contributed by atoms with Crippen molar-refractivity contribution >= 4 is 23.8 Å². The molecule has 2 aliphatic rings. The van der Waals surface area contributed by atoms with Crippen molar-refractivity contribution in [2.45, 2.75) is 32.4 Å². The molecule has 1 N–H and O–H groups in total. The van der Waals surface area contributed by atoms with Gasteiger partial charge in [-0.3, -0.25) is 4.98 Å². The maximum Gasteiger partial charge on any atom is 0.419 e. The first-order chi connectivity index (χ1) is 14.9. The Morgan fingerprint density at radius 1 is 1.22 bits per heavy atom. The highest BCUT2D eigenvalue weighted by atomic mass is 35.5. The van der Waals surface area contributed by atoms with Crippen molar-refractivity contribution in [1.82, 2.24) is 15.3 Å². The van der Waals surface area contributed by atoms with Crippen LogP contribution in [0.5, 0.6) is 5.75 Å². The predicted octanol–water partition coefficient (Wildman–Crippen LogP) is 4.98. The van der Waals surface area contributed by atoms with Gasteiger partial charge in [0.05, 0.1) is 30.3 Å². The molecule has 0 amide bonds. The zero-order chi connectivity index (χ0) is 21.8. The summed E-state index contributed by atoms with van der Waals surface area (Å²) in [5.41, 5.74) is 2.71. The molecule has 174 valence electrons. The van der Waals surface area contributed by atoms with Gasteiger partial charge >= 0.3 is 6.18 Å². The van der Waals surface area contributed by atoms with Crippen molar-refractivity contribution in [1.29, 1.82) is 0 Å². The Morgan fingerprint density at radius 3 is 2.81 bits per heavy atom. The zero-order valence-electron chi connectivity index (χ0n) is 18.0. The van der Waals surface area contributed by atoms with Crippen molar-refractivity contribution < 1.29 is 17.9 Å². The predicted molar refractivity (Wildman–Crippen MR) is 121 cm³/mol. The van der Waals surface area contributed by atoms with E-state index in [1.54, 1.807) is 12.3 Å². The molecule has 1 atom stereocenters. The molecule has 1 unspecified atom stereocenters. The highest BCUT2D eigenvalue weighted by Gasteiger charge is 2.34. The van der Waals surface area contributed by atoms with Crippen molar-refractivity contribution in [2.75, 3.05) is 37.7 Å². The molecule has 0 bridgehead atoms. The Hall–Kier alpha value is -2.32. The van der Waals surface area contributed by atoms with Crippen molar-refractivity contribution in [3.63, 3.8) is 0 Å². The van der Waals surface area contributed by atoms with Gasteiger partial charge < -0.3 is 15.0 Å². The molecule has 0 aliphatic carbocycles. The number of nitrogens with one attached hydrogen (secondary N) is 1. The summed E-state index contributed by atoms with van der Waals surface area (Å²) < 4.78 is 45.2. The maximum atomic E-state index is 13.2. The van der Waals surface area contributed by atoms with Crippen molar-refractivity contribution in [3.8, 4) is 5.75 Å². The number of rotatable bonds is 5. The fourth-order valence-electron chi connectivity index (χ4n) is 4.25. The molecule has 5 nitrogen and oxygen atoms in total. The molecular formula is C23H28ClF3N4O.